The number of hydrogen-bond acceptors (Lipinski definition) is 4. The molecular weight excluding hydrogens is 279 g/mol. The molecule has 0 unspecified atom stereocenters. The Bertz CT molecular complexity index is 533. The van der Waals surface area contributed by atoms with Crippen LogP contribution in [0.1, 0.15) is 53.9 Å². The van der Waals surface area contributed by atoms with E-state index in [4.69, 9.17) is 14.0 Å². The second-order valence-corrected chi connectivity index (χ2v) is 7.65. The van der Waals surface area contributed by atoms with E-state index < -0.39 is 0 Å². The highest BCUT2D eigenvalue weighted by molar-refractivity contribution is 6.62. The third-order valence-corrected chi connectivity index (χ3v) is 5.82. The molecule has 5 nitrogen and oxygen atoms in total. The molecule has 0 amide bonds. The van der Waals surface area contributed by atoms with E-state index in [0.29, 0.717) is 6.10 Å². The van der Waals surface area contributed by atoms with Crippen LogP contribution in [0, 0.1) is 0 Å². The Morgan fingerprint density at radius 1 is 1.27 bits per heavy atom. The van der Waals surface area contributed by atoms with E-state index in [2.05, 4.69) is 50.6 Å². The summed E-state index contributed by atoms with van der Waals surface area (Å²) >= 11 is 0. The van der Waals surface area contributed by atoms with E-state index in [-0.39, 0.29) is 23.9 Å². The Hall–Kier alpha value is -0.845. The fourth-order valence-electron chi connectivity index (χ4n) is 3.29. The summed E-state index contributed by atoms with van der Waals surface area (Å²) in [5.41, 5.74) is 0.440. The molecule has 22 heavy (non-hydrogen) atoms. The minimum absolute atomic E-state index is 0.0859. The number of nitrogens with zero attached hydrogens (tertiary/aromatic N) is 2. The molecule has 1 aromatic heterocycles. The lowest BCUT2D eigenvalue weighted by molar-refractivity contribution is -0.0583. The van der Waals surface area contributed by atoms with Crippen molar-refractivity contribution in [2.45, 2.75) is 76.7 Å². The molecule has 6 heteroatoms. The van der Waals surface area contributed by atoms with E-state index in [1.54, 1.807) is 7.11 Å². The number of aromatic nitrogens is 2. The van der Waals surface area contributed by atoms with Gasteiger partial charge in [-0.2, -0.15) is 5.10 Å². The fourth-order valence-corrected chi connectivity index (χ4v) is 3.29. The zero-order valence-corrected chi connectivity index (χ0v) is 14.5. The normalized spacial score (nSPS) is 33.0. The molecule has 0 radical (unpaired) electrons. The van der Waals surface area contributed by atoms with Crippen LogP contribution in [0.3, 0.4) is 0 Å². The molecule has 0 bridgehead atoms. The van der Waals surface area contributed by atoms with Gasteiger partial charge in [0.25, 0.3) is 0 Å². The van der Waals surface area contributed by atoms with Crippen LogP contribution in [0.2, 0.25) is 0 Å². The summed E-state index contributed by atoms with van der Waals surface area (Å²) in [6, 6.07) is 0. The molecule has 0 N–H and O–H groups in total. The first-order valence-corrected chi connectivity index (χ1v) is 8.16. The molecule has 1 aliphatic heterocycles. The van der Waals surface area contributed by atoms with E-state index in [1.165, 1.54) is 0 Å². The van der Waals surface area contributed by atoms with Gasteiger partial charge in [0.05, 0.1) is 22.8 Å². The van der Waals surface area contributed by atoms with Crippen molar-refractivity contribution in [3.63, 3.8) is 0 Å². The van der Waals surface area contributed by atoms with E-state index in [9.17, 15) is 0 Å². The zero-order valence-electron chi connectivity index (χ0n) is 14.5. The van der Waals surface area contributed by atoms with Crippen LogP contribution < -0.4 is 5.46 Å². The summed E-state index contributed by atoms with van der Waals surface area (Å²) in [4.78, 5) is 0. The average molecular weight is 306 g/mol. The van der Waals surface area contributed by atoms with Crippen LogP contribution in [0.4, 0.5) is 0 Å². The first kappa shape index (κ1) is 16.0. The van der Waals surface area contributed by atoms with Gasteiger partial charge in [0.1, 0.15) is 0 Å². The molecule has 3 rings (SSSR count). The molecule has 1 saturated carbocycles. The van der Waals surface area contributed by atoms with Crippen molar-refractivity contribution in [3.05, 3.63) is 12.4 Å². The van der Waals surface area contributed by atoms with Crippen LogP contribution in [0.15, 0.2) is 12.4 Å². The maximum Gasteiger partial charge on any atom is 0.498 e. The standard InChI is InChI=1S/C16H27BN2O3/c1-7-16(8-13(9-16)20-6)19-11-12(10-18-19)17-21-14(2,3)15(4,5)22-17/h10-11,13H,7-9H2,1-6H3/t13-,16-. The molecule has 0 spiro atoms. The van der Waals surface area contributed by atoms with E-state index in [1.807, 2.05) is 6.20 Å². The van der Waals surface area contributed by atoms with Crippen LogP contribution in [-0.4, -0.2) is 41.3 Å². The van der Waals surface area contributed by atoms with Gasteiger partial charge in [-0.3, -0.25) is 4.68 Å². The summed E-state index contributed by atoms with van der Waals surface area (Å²) in [5, 5.41) is 4.59. The van der Waals surface area contributed by atoms with Gasteiger partial charge in [0, 0.05) is 25.0 Å². The molecule has 0 atom stereocenters. The fraction of sp³-hybridized carbons (Fsp3) is 0.812. The molecule has 122 valence electrons. The Morgan fingerprint density at radius 3 is 2.36 bits per heavy atom. The molecule has 0 aromatic carbocycles. The lowest BCUT2D eigenvalue weighted by Crippen LogP contribution is -2.50. The predicted molar refractivity (Wildman–Crippen MR) is 86.2 cm³/mol. The van der Waals surface area contributed by atoms with Crippen molar-refractivity contribution in [1.82, 2.24) is 9.78 Å². The predicted octanol–water partition coefficient (Wildman–Crippen LogP) is 2.10. The van der Waals surface area contributed by atoms with Gasteiger partial charge in [-0.25, -0.2) is 0 Å². The lowest BCUT2D eigenvalue weighted by atomic mass is 9.72. The van der Waals surface area contributed by atoms with Gasteiger partial charge in [0.15, 0.2) is 0 Å². The highest BCUT2D eigenvalue weighted by Crippen LogP contribution is 2.43. The first-order chi connectivity index (χ1) is 10.2. The second-order valence-electron chi connectivity index (χ2n) is 7.65. The Morgan fingerprint density at radius 2 is 1.86 bits per heavy atom. The number of hydrogen-bond donors (Lipinski definition) is 0. The molecule has 2 heterocycles. The van der Waals surface area contributed by atoms with Crippen molar-refractivity contribution in [2.24, 2.45) is 0 Å². The third kappa shape index (κ3) is 2.32. The summed E-state index contributed by atoms with van der Waals surface area (Å²) in [7, 11) is 1.44. The highest BCUT2D eigenvalue weighted by atomic mass is 16.7. The highest BCUT2D eigenvalue weighted by Gasteiger charge is 2.52. The monoisotopic (exact) mass is 306 g/mol. The van der Waals surface area contributed by atoms with Gasteiger partial charge in [-0.05, 0) is 47.0 Å². The summed E-state index contributed by atoms with van der Waals surface area (Å²) in [5.74, 6) is 0. The van der Waals surface area contributed by atoms with Gasteiger partial charge >= 0.3 is 7.12 Å². The third-order valence-electron chi connectivity index (χ3n) is 5.82. The topological polar surface area (TPSA) is 45.5 Å². The number of rotatable bonds is 4. The Balaban J connectivity index is 1.78. The summed E-state index contributed by atoms with van der Waals surface area (Å²) < 4.78 is 19.7. The summed E-state index contributed by atoms with van der Waals surface area (Å²) in [6.45, 7) is 10.5. The molecule has 1 saturated heterocycles. The maximum absolute atomic E-state index is 6.10. The largest absolute Gasteiger partial charge is 0.498 e. The zero-order chi connectivity index (χ0) is 16.2. The van der Waals surface area contributed by atoms with Gasteiger partial charge in [-0.1, -0.05) is 6.92 Å². The minimum Gasteiger partial charge on any atom is -0.399 e. The van der Waals surface area contributed by atoms with Crippen molar-refractivity contribution in [3.8, 4) is 0 Å². The first-order valence-electron chi connectivity index (χ1n) is 8.16. The van der Waals surface area contributed by atoms with Gasteiger partial charge in [0.2, 0.25) is 0 Å². The maximum atomic E-state index is 6.10. The number of methoxy groups -OCH3 is 1. The molecule has 2 fully saturated rings. The SMILES string of the molecule is CC[C@]1(n2cc(B3OC(C)(C)C(C)(C)O3)cn2)C[C@H](OC)C1. The van der Waals surface area contributed by atoms with Crippen LogP contribution in [0.25, 0.3) is 0 Å². The number of ether oxygens (including phenoxy) is 1. The Kier molecular flexibility index (Phi) is 3.70. The van der Waals surface area contributed by atoms with Crippen LogP contribution >= 0.6 is 0 Å². The van der Waals surface area contributed by atoms with Crippen LogP contribution in [-0.2, 0) is 19.6 Å². The summed E-state index contributed by atoms with van der Waals surface area (Å²) in [6.07, 6.45) is 7.40. The smallest absolute Gasteiger partial charge is 0.399 e. The van der Waals surface area contributed by atoms with Crippen molar-refractivity contribution in [1.29, 1.82) is 0 Å². The van der Waals surface area contributed by atoms with Crippen LogP contribution in [0.5, 0.6) is 0 Å². The minimum atomic E-state index is -0.342. The molecule has 2 aliphatic rings. The molecular formula is C16H27BN2O3. The van der Waals surface area contributed by atoms with E-state index >= 15 is 0 Å². The van der Waals surface area contributed by atoms with Gasteiger partial charge in [-0.15, -0.1) is 0 Å². The average Bonchev–Trinajstić information content (AvgIpc) is 2.94. The van der Waals surface area contributed by atoms with E-state index in [0.717, 1.165) is 24.7 Å². The van der Waals surface area contributed by atoms with Crippen molar-refractivity contribution in [2.75, 3.05) is 7.11 Å². The van der Waals surface area contributed by atoms with Crippen molar-refractivity contribution < 1.29 is 14.0 Å². The lowest BCUT2D eigenvalue weighted by Gasteiger charge is -2.46. The second kappa shape index (κ2) is 5.08. The quantitative estimate of drug-likeness (QED) is 0.799. The Labute approximate surface area is 133 Å². The molecule has 1 aliphatic carbocycles. The van der Waals surface area contributed by atoms with Crippen molar-refractivity contribution >= 4 is 12.6 Å². The molecule has 1 aromatic rings. The van der Waals surface area contributed by atoms with Gasteiger partial charge < -0.3 is 14.0 Å².